The molecule has 0 aliphatic carbocycles. The molecule has 198 valence electrons. The normalized spacial score (nSPS) is 15.8. The highest BCUT2D eigenvalue weighted by Gasteiger charge is 2.29. The number of ether oxygens (including phenoxy) is 2. The fraction of sp³-hybridized carbons (Fsp3) is 0.385. The third-order valence-electron chi connectivity index (χ3n) is 5.76. The minimum atomic E-state index is -0.728. The Balaban J connectivity index is 0.00000380. The maximum atomic E-state index is 13.3. The van der Waals surface area contributed by atoms with Crippen molar-refractivity contribution in [1.82, 2.24) is 20.9 Å². The maximum Gasteiger partial charge on any atom is 0.407 e. The molecule has 11 heteroatoms. The van der Waals surface area contributed by atoms with Crippen molar-refractivity contribution in [2.75, 3.05) is 26.2 Å². The second kappa shape index (κ2) is 14.6. The van der Waals surface area contributed by atoms with Gasteiger partial charge in [0.1, 0.15) is 12.7 Å². The maximum absolute atomic E-state index is 13.3. The van der Waals surface area contributed by atoms with Crippen LogP contribution in [0.25, 0.3) is 10.2 Å². The second-order valence-electron chi connectivity index (χ2n) is 8.46. The van der Waals surface area contributed by atoms with Crippen LogP contribution < -0.4 is 16.0 Å². The molecule has 0 radical (unpaired) electrons. The summed E-state index contributed by atoms with van der Waals surface area (Å²) in [5.74, 6) is -0.534. The second-order valence-corrected chi connectivity index (χ2v) is 9.49. The van der Waals surface area contributed by atoms with E-state index in [1.54, 1.807) is 0 Å². The molecule has 37 heavy (non-hydrogen) atoms. The predicted octanol–water partition coefficient (Wildman–Crippen LogP) is 3.47. The van der Waals surface area contributed by atoms with E-state index in [0.717, 1.165) is 15.8 Å². The van der Waals surface area contributed by atoms with Crippen LogP contribution >= 0.6 is 23.7 Å². The fourth-order valence-corrected chi connectivity index (χ4v) is 4.79. The number of morpholine rings is 1. The number of nitrogens with zero attached hydrogens (tertiary/aromatic N) is 1. The minimum Gasteiger partial charge on any atom is -0.445 e. The number of amides is 2. The lowest BCUT2D eigenvalue weighted by atomic mass is 10.0. The molecule has 2 aromatic carbocycles. The number of Topliss-reactive ketones (excluding diaryl/α,β-unsaturated/α-hetero) is 1. The predicted molar refractivity (Wildman–Crippen MR) is 144 cm³/mol. The Labute approximate surface area is 225 Å². The van der Waals surface area contributed by atoms with Gasteiger partial charge in [-0.1, -0.05) is 42.5 Å². The molecule has 9 nitrogen and oxygen atoms in total. The third-order valence-corrected chi connectivity index (χ3v) is 6.81. The van der Waals surface area contributed by atoms with Crippen LogP contribution in [0, 0.1) is 0 Å². The van der Waals surface area contributed by atoms with Gasteiger partial charge in [0, 0.05) is 19.6 Å². The van der Waals surface area contributed by atoms with Gasteiger partial charge in [0.15, 0.2) is 5.01 Å². The summed E-state index contributed by atoms with van der Waals surface area (Å²) in [6, 6.07) is 16.3. The number of fused-ring (bicyclic) bond motifs is 1. The number of hydrogen-bond acceptors (Lipinski definition) is 8. The Morgan fingerprint density at radius 2 is 1.89 bits per heavy atom. The number of para-hydroxylation sites is 1. The van der Waals surface area contributed by atoms with Crippen molar-refractivity contribution in [2.24, 2.45) is 0 Å². The summed E-state index contributed by atoms with van der Waals surface area (Å²) in [7, 11) is 0. The summed E-state index contributed by atoms with van der Waals surface area (Å²) in [6.45, 7) is 2.15. The van der Waals surface area contributed by atoms with E-state index in [2.05, 4.69) is 20.9 Å². The van der Waals surface area contributed by atoms with Gasteiger partial charge in [-0.15, -0.1) is 23.7 Å². The first kappa shape index (κ1) is 28.5. The largest absolute Gasteiger partial charge is 0.445 e. The number of rotatable bonds is 11. The summed E-state index contributed by atoms with van der Waals surface area (Å²) in [6.07, 6.45) is 0.536. The number of carbonyl (C=O) groups is 3. The Kier molecular flexibility index (Phi) is 11.3. The number of carbonyl (C=O) groups excluding carboxylic acids is 3. The van der Waals surface area contributed by atoms with E-state index in [0.29, 0.717) is 50.5 Å². The molecule has 3 N–H and O–H groups in total. The van der Waals surface area contributed by atoms with Gasteiger partial charge in [0.25, 0.3) is 5.91 Å². The zero-order valence-corrected chi connectivity index (χ0v) is 21.9. The zero-order valence-electron chi connectivity index (χ0n) is 20.3. The van der Waals surface area contributed by atoms with E-state index in [1.165, 1.54) is 11.3 Å². The lowest BCUT2D eigenvalue weighted by Gasteiger charge is -2.25. The smallest absolute Gasteiger partial charge is 0.407 e. The van der Waals surface area contributed by atoms with Crippen molar-refractivity contribution < 1.29 is 23.9 Å². The van der Waals surface area contributed by atoms with Crippen LogP contribution in [0.15, 0.2) is 54.6 Å². The monoisotopic (exact) mass is 546 g/mol. The molecular formula is C26H31ClN4O5S. The fourth-order valence-electron chi connectivity index (χ4n) is 3.83. The average molecular weight is 547 g/mol. The van der Waals surface area contributed by atoms with Crippen molar-refractivity contribution in [1.29, 1.82) is 0 Å². The highest BCUT2D eigenvalue weighted by molar-refractivity contribution is 7.20. The van der Waals surface area contributed by atoms with E-state index in [9.17, 15) is 14.4 Å². The van der Waals surface area contributed by atoms with Gasteiger partial charge in [0.2, 0.25) is 5.78 Å². The summed E-state index contributed by atoms with van der Waals surface area (Å²) in [5, 5.41) is 9.09. The van der Waals surface area contributed by atoms with Crippen molar-refractivity contribution in [3.05, 3.63) is 65.2 Å². The van der Waals surface area contributed by atoms with E-state index < -0.39 is 18.2 Å². The van der Waals surface area contributed by atoms with Gasteiger partial charge in [-0.2, -0.15) is 0 Å². The van der Waals surface area contributed by atoms with Crippen LogP contribution in [0.4, 0.5) is 4.79 Å². The summed E-state index contributed by atoms with van der Waals surface area (Å²) >= 11 is 1.32. The van der Waals surface area contributed by atoms with Gasteiger partial charge >= 0.3 is 6.09 Å². The molecule has 1 aromatic heterocycles. The standard InChI is InChI=1S/C26H30N4O5S.ClH/c31-23(25-30-19-10-4-5-12-22(19)36-25)20(29-24(32)21-16-27-14-15-34-21)11-6-7-13-28-26(33)35-17-18-8-2-1-3-9-18;/h1-5,8-10,12,20-21,27H,6-7,11,13-17H2,(H,28,33)(H,29,32);1H. The number of hydrogen-bond donors (Lipinski definition) is 3. The molecular weight excluding hydrogens is 516 g/mol. The topological polar surface area (TPSA) is 119 Å². The Morgan fingerprint density at radius 3 is 2.65 bits per heavy atom. The SMILES string of the molecule is Cl.O=C(NCCCCC(NC(=O)C1CNCCO1)C(=O)c1nc2ccccc2s1)OCc1ccccc1. The Hall–Kier alpha value is -3.05. The molecule has 2 amide bonds. The Morgan fingerprint density at radius 1 is 1.11 bits per heavy atom. The van der Waals surface area contributed by atoms with Crippen LogP contribution in [-0.4, -0.2) is 61.2 Å². The zero-order chi connectivity index (χ0) is 25.2. The molecule has 4 rings (SSSR count). The van der Waals surface area contributed by atoms with Crippen LogP contribution in [0.3, 0.4) is 0 Å². The average Bonchev–Trinajstić information content (AvgIpc) is 3.36. The molecule has 0 spiro atoms. The summed E-state index contributed by atoms with van der Waals surface area (Å²) < 4.78 is 11.7. The van der Waals surface area contributed by atoms with E-state index >= 15 is 0 Å². The number of unbranched alkanes of at least 4 members (excludes halogenated alkanes) is 1. The van der Waals surface area contributed by atoms with Gasteiger partial charge in [0.05, 0.1) is 22.9 Å². The highest BCUT2D eigenvalue weighted by Crippen LogP contribution is 2.23. The Bertz CT molecular complexity index is 1140. The number of nitrogens with one attached hydrogen (secondary N) is 3. The summed E-state index contributed by atoms with van der Waals surface area (Å²) in [4.78, 5) is 42.5. The van der Waals surface area contributed by atoms with E-state index in [-0.39, 0.29) is 30.7 Å². The molecule has 1 fully saturated rings. The van der Waals surface area contributed by atoms with Gasteiger partial charge in [-0.3, -0.25) is 9.59 Å². The highest BCUT2D eigenvalue weighted by atomic mass is 35.5. The summed E-state index contributed by atoms with van der Waals surface area (Å²) in [5.41, 5.74) is 1.67. The van der Waals surface area contributed by atoms with Gasteiger partial charge < -0.3 is 25.4 Å². The molecule has 1 saturated heterocycles. The van der Waals surface area contributed by atoms with Crippen molar-refractivity contribution in [2.45, 2.75) is 38.0 Å². The molecule has 2 atom stereocenters. The van der Waals surface area contributed by atoms with Crippen LogP contribution in [0.5, 0.6) is 0 Å². The lowest BCUT2D eigenvalue weighted by Crippen LogP contribution is -2.52. The van der Waals surface area contributed by atoms with Crippen molar-refractivity contribution >= 4 is 51.7 Å². The molecule has 3 aromatic rings. The third kappa shape index (κ3) is 8.50. The van der Waals surface area contributed by atoms with Crippen LogP contribution in [-0.2, 0) is 20.9 Å². The first-order valence-electron chi connectivity index (χ1n) is 12.1. The van der Waals surface area contributed by atoms with E-state index in [4.69, 9.17) is 9.47 Å². The number of benzene rings is 2. The van der Waals surface area contributed by atoms with Crippen molar-refractivity contribution in [3.63, 3.8) is 0 Å². The minimum absolute atomic E-state index is 0. The molecule has 0 bridgehead atoms. The number of thiazole rings is 1. The van der Waals surface area contributed by atoms with Crippen molar-refractivity contribution in [3.8, 4) is 0 Å². The quantitative estimate of drug-likeness (QED) is 0.249. The molecule has 2 heterocycles. The number of halogens is 1. The van der Waals surface area contributed by atoms with E-state index in [1.807, 2.05) is 54.6 Å². The van der Waals surface area contributed by atoms with Gasteiger partial charge in [-0.05, 0) is 37.0 Å². The number of ketones is 1. The lowest BCUT2D eigenvalue weighted by molar-refractivity contribution is -0.134. The molecule has 0 saturated carbocycles. The molecule has 1 aliphatic rings. The number of alkyl carbamates (subject to hydrolysis) is 1. The molecule has 2 unspecified atom stereocenters. The van der Waals surface area contributed by atoms with Crippen LogP contribution in [0.1, 0.15) is 34.6 Å². The number of aromatic nitrogens is 1. The van der Waals surface area contributed by atoms with Crippen LogP contribution in [0.2, 0.25) is 0 Å². The van der Waals surface area contributed by atoms with Gasteiger partial charge in [-0.25, -0.2) is 9.78 Å². The first-order chi connectivity index (χ1) is 17.6. The first-order valence-corrected chi connectivity index (χ1v) is 12.9. The molecule has 1 aliphatic heterocycles.